The minimum atomic E-state index is -0.784. The van der Waals surface area contributed by atoms with Crippen LogP contribution in [-0.2, 0) is 16.0 Å². The van der Waals surface area contributed by atoms with Crippen LogP contribution in [-0.4, -0.2) is 39.9 Å². The van der Waals surface area contributed by atoms with E-state index in [1.165, 1.54) is 23.1 Å². The largest absolute Gasteiger partial charge is 0.339 e. The van der Waals surface area contributed by atoms with Crippen molar-refractivity contribution in [2.24, 2.45) is 0 Å². The zero-order chi connectivity index (χ0) is 17.8. The molecule has 132 valence electrons. The summed E-state index contributed by atoms with van der Waals surface area (Å²) in [6.07, 6.45) is 2.23. The summed E-state index contributed by atoms with van der Waals surface area (Å²) in [6.45, 7) is 2.77. The minimum absolute atomic E-state index is 0.0521. The van der Waals surface area contributed by atoms with E-state index in [2.05, 4.69) is 15.5 Å². The molecule has 1 aliphatic heterocycles. The third kappa shape index (κ3) is 4.01. The van der Waals surface area contributed by atoms with Crippen molar-refractivity contribution in [2.45, 2.75) is 32.1 Å². The molecule has 0 unspecified atom stereocenters. The van der Waals surface area contributed by atoms with Crippen molar-refractivity contribution in [1.82, 2.24) is 15.0 Å². The molecular weight excluding hydrogens is 327 g/mol. The average molecular weight is 346 g/mol. The van der Waals surface area contributed by atoms with Crippen molar-refractivity contribution in [3.63, 3.8) is 0 Å². The molecule has 3 rings (SSSR count). The van der Waals surface area contributed by atoms with Gasteiger partial charge in [-0.15, -0.1) is 0 Å². The molecule has 1 aliphatic rings. The number of anilines is 1. The Balaban J connectivity index is 1.64. The van der Waals surface area contributed by atoms with Gasteiger partial charge in [-0.1, -0.05) is 18.1 Å². The molecule has 25 heavy (non-hydrogen) atoms. The molecule has 1 aromatic heterocycles. The number of piperidine rings is 1. The highest BCUT2D eigenvalue weighted by molar-refractivity contribution is 6.39. The predicted molar refractivity (Wildman–Crippen MR) is 87.3 cm³/mol. The molecular formula is C17H19FN4O3. The second-order valence-corrected chi connectivity index (χ2v) is 5.95. The second-order valence-electron chi connectivity index (χ2n) is 5.95. The van der Waals surface area contributed by atoms with Crippen LogP contribution in [0.2, 0.25) is 0 Å². The van der Waals surface area contributed by atoms with E-state index in [1.807, 2.05) is 6.92 Å². The highest BCUT2D eigenvalue weighted by Gasteiger charge is 2.30. The van der Waals surface area contributed by atoms with Crippen molar-refractivity contribution in [2.75, 3.05) is 18.4 Å². The summed E-state index contributed by atoms with van der Waals surface area (Å²) in [5.74, 6) is -0.834. The fraction of sp³-hybridized carbons (Fsp3) is 0.412. The molecule has 0 bridgehead atoms. The zero-order valence-electron chi connectivity index (χ0n) is 13.9. The van der Waals surface area contributed by atoms with E-state index in [1.54, 1.807) is 0 Å². The first kappa shape index (κ1) is 17.1. The van der Waals surface area contributed by atoms with E-state index in [0.717, 1.165) is 18.9 Å². The number of carbonyl (C=O) groups excluding carboxylic acids is 2. The molecule has 2 heterocycles. The number of rotatable bonds is 3. The van der Waals surface area contributed by atoms with E-state index in [9.17, 15) is 14.0 Å². The van der Waals surface area contributed by atoms with Gasteiger partial charge in [0.2, 0.25) is 5.89 Å². The van der Waals surface area contributed by atoms with Gasteiger partial charge in [0, 0.05) is 31.1 Å². The van der Waals surface area contributed by atoms with Crippen LogP contribution in [0.5, 0.6) is 0 Å². The Kier molecular flexibility index (Phi) is 5.06. The van der Waals surface area contributed by atoms with Crippen LogP contribution in [0.15, 0.2) is 28.8 Å². The first-order valence-electron chi connectivity index (χ1n) is 8.25. The lowest BCUT2D eigenvalue weighted by molar-refractivity contribution is -0.144. The SMILES string of the molecule is CCc1nc([C@@H]2CCCN(C(=O)C(=O)Nc3cccc(F)c3)C2)no1. The maximum Gasteiger partial charge on any atom is 0.313 e. The average Bonchev–Trinajstić information content (AvgIpc) is 3.10. The number of hydrogen-bond donors (Lipinski definition) is 1. The molecule has 1 fully saturated rings. The summed E-state index contributed by atoms with van der Waals surface area (Å²) >= 11 is 0. The van der Waals surface area contributed by atoms with Gasteiger partial charge < -0.3 is 14.7 Å². The maximum absolute atomic E-state index is 13.2. The maximum atomic E-state index is 13.2. The Morgan fingerprint density at radius 1 is 1.44 bits per heavy atom. The predicted octanol–water partition coefficient (Wildman–Crippen LogP) is 2.12. The van der Waals surface area contributed by atoms with Gasteiger partial charge in [0.1, 0.15) is 5.82 Å². The first-order valence-corrected chi connectivity index (χ1v) is 8.25. The first-order chi connectivity index (χ1) is 12.1. The lowest BCUT2D eigenvalue weighted by Gasteiger charge is -2.30. The summed E-state index contributed by atoms with van der Waals surface area (Å²) in [6, 6.07) is 5.42. The molecule has 1 N–H and O–H groups in total. The summed E-state index contributed by atoms with van der Waals surface area (Å²) in [4.78, 5) is 30.3. The van der Waals surface area contributed by atoms with Crippen LogP contribution in [0.4, 0.5) is 10.1 Å². The fourth-order valence-electron chi connectivity index (χ4n) is 2.84. The van der Waals surface area contributed by atoms with E-state index >= 15 is 0 Å². The lowest BCUT2D eigenvalue weighted by atomic mass is 9.97. The number of amides is 2. The van der Waals surface area contributed by atoms with Gasteiger partial charge in [-0.2, -0.15) is 4.98 Å². The van der Waals surface area contributed by atoms with Crippen LogP contribution in [0.25, 0.3) is 0 Å². The fourth-order valence-corrected chi connectivity index (χ4v) is 2.84. The number of aromatic nitrogens is 2. The number of aryl methyl sites for hydroxylation is 1. The van der Waals surface area contributed by atoms with Gasteiger partial charge in [0.05, 0.1) is 0 Å². The molecule has 8 heteroatoms. The second kappa shape index (κ2) is 7.42. The van der Waals surface area contributed by atoms with E-state index in [-0.39, 0.29) is 11.6 Å². The molecule has 1 saturated heterocycles. The van der Waals surface area contributed by atoms with Gasteiger partial charge in [0.25, 0.3) is 0 Å². The van der Waals surface area contributed by atoms with Crippen molar-refractivity contribution in [3.8, 4) is 0 Å². The van der Waals surface area contributed by atoms with Crippen molar-refractivity contribution in [3.05, 3.63) is 41.8 Å². The number of hydrogen-bond acceptors (Lipinski definition) is 5. The van der Waals surface area contributed by atoms with E-state index < -0.39 is 17.6 Å². The van der Waals surface area contributed by atoms with E-state index in [4.69, 9.17) is 4.52 Å². The summed E-state index contributed by atoms with van der Waals surface area (Å²) in [5, 5.41) is 6.39. The Morgan fingerprint density at radius 2 is 2.28 bits per heavy atom. The monoisotopic (exact) mass is 346 g/mol. The van der Waals surface area contributed by atoms with E-state index in [0.29, 0.717) is 31.2 Å². The number of nitrogens with zero attached hydrogens (tertiary/aromatic N) is 3. The van der Waals surface area contributed by atoms with Gasteiger partial charge in [0.15, 0.2) is 5.82 Å². The molecule has 2 aromatic rings. The van der Waals surface area contributed by atoms with Gasteiger partial charge in [-0.25, -0.2) is 4.39 Å². The number of carbonyl (C=O) groups is 2. The number of likely N-dealkylation sites (tertiary alicyclic amines) is 1. The lowest BCUT2D eigenvalue weighted by Crippen LogP contribution is -2.44. The molecule has 1 atom stereocenters. The molecule has 0 radical (unpaired) electrons. The molecule has 0 spiro atoms. The van der Waals surface area contributed by atoms with Crippen molar-refractivity contribution < 1.29 is 18.5 Å². The third-order valence-electron chi connectivity index (χ3n) is 4.14. The molecule has 2 amide bonds. The van der Waals surface area contributed by atoms with Crippen LogP contribution in [0.1, 0.15) is 37.4 Å². The summed E-state index contributed by atoms with van der Waals surface area (Å²) in [5.41, 5.74) is 0.248. The molecule has 1 aromatic carbocycles. The van der Waals surface area contributed by atoms with Crippen LogP contribution in [0.3, 0.4) is 0 Å². The minimum Gasteiger partial charge on any atom is -0.339 e. The standard InChI is InChI=1S/C17H19FN4O3/c1-2-14-20-15(21-25-14)11-5-4-8-22(10-11)17(24)16(23)19-13-7-3-6-12(18)9-13/h3,6-7,9,11H,2,4-5,8,10H2,1H3,(H,19,23)/t11-/m1/s1. The Hall–Kier alpha value is -2.77. The molecule has 0 saturated carbocycles. The van der Waals surface area contributed by atoms with Gasteiger partial charge in [-0.3, -0.25) is 9.59 Å². The number of nitrogens with one attached hydrogen (secondary N) is 1. The van der Waals surface area contributed by atoms with Crippen molar-refractivity contribution in [1.29, 1.82) is 0 Å². The highest BCUT2D eigenvalue weighted by atomic mass is 19.1. The smallest absolute Gasteiger partial charge is 0.313 e. The number of halogens is 1. The topological polar surface area (TPSA) is 88.3 Å². The normalized spacial score (nSPS) is 17.4. The van der Waals surface area contributed by atoms with Gasteiger partial charge in [-0.05, 0) is 31.0 Å². The Bertz CT molecular complexity index is 777. The Morgan fingerprint density at radius 3 is 3.00 bits per heavy atom. The third-order valence-corrected chi connectivity index (χ3v) is 4.14. The van der Waals surface area contributed by atoms with Crippen LogP contribution < -0.4 is 5.32 Å². The summed E-state index contributed by atoms with van der Waals surface area (Å²) < 4.78 is 18.3. The van der Waals surface area contributed by atoms with Crippen LogP contribution in [0, 0.1) is 5.82 Å². The van der Waals surface area contributed by atoms with Crippen molar-refractivity contribution >= 4 is 17.5 Å². The molecule has 7 nitrogen and oxygen atoms in total. The number of benzene rings is 1. The van der Waals surface area contributed by atoms with Crippen LogP contribution >= 0.6 is 0 Å². The zero-order valence-corrected chi connectivity index (χ0v) is 13.9. The summed E-state index contributed by atoms with van der Waals surface area (Å²) in [7, 11) is 0. The highest BCUT2D eigenvalue weighted by Crippen LogP contribution is 2.25. The molecule has 0 aliphatic carbocycles. The Labute approximate surface area is 144 Å². The quantitative estimate of drug-likeness (QED) is 0.860. The van der Waals surface area contributed by atoms with Gasteiger partial charge >= 0.3 is 11.8 Å².